The molecule has 4 heteroatoms. The minimum absolute atomic E-state index is 0.194. The van der Waals surface area contributed by atoms with Crippen LogP contribution in [0.1, 0.15) is 25.3 Å². The first-order chi connectivity index (χ1) is 8.78. The molecule has 0 amide bonds. The van der Waals surface area contributed by atoms with E-state index in [9.17, 15) is 0 Å². The van der Waals surface area contributed by atoms with Crippen LogP contribution in [-0.2, 0) is 0 Å². The van der Waals surface area contributed by atoms with E-state index in [0.29, 0.717) is 19.8 Å². The first-order valence-corrected chi connectivity index (χ1v) is 6.51. The highest BCUT2D eigenvalue weighted by atomic mass is 16.5. The van der Waals surface area contributed by atoms with Gasteiger partial charge >= 0.3 is 0 Å². The van der Waals surface area contributed by atoms with Crippen molar-refractivity contribution in [3.63, 3.8) is 0 Å². The van der Waals surface area contributed by atoms with Crippen molar-refractivity contribution in [1.82, 2.24) is 5.32 Å². The third-order valence-corrected chi connectivity index (χ3v) is 2.77. The number of likely N-dealkylation sites (N-methyl/N-ethyl adjacent to an activating group) is 1. The lowest BCUT2D eigenvalue weighted by Crippen LogP contribution is -2.25. The van der Waals surface area contributed by atoms with E-state index in [-0.39, 0.29) is 5.92 Å². The van der Waals surface area contributed by atoms with E-state index in [1.807, 2.05) is 39.1 Å². The second-order valence-electron chi connectivity index (χ2n) is 4.02. The first-order valence-electron chi connectivity index (χ1n) is 6.51. The largest absolute Gasteiger partial charge is 0.493 e. The fourth-order valence-corrected chi connectivity index (χ4v) is 2.04. The van der Waals surface area contributed by atoms with Gasteiger partial charge in [-0.25, -0.2) is 0 Å². The van der Waals surface area contributed by atoms with Crippen LogP contribution in [0.2, 0.25) is 0 Å². The summed E-state index contributed by atoms with van der Waals surface area (Å²) in [5.74, 6) is 1.93. The molecule has 0 saturated heterocycles. The number of hydrogen-bond acceptors (Lipinski definition) is 4. The second-order valence-corrected chi connectivity index (χ2v) is 4.02. The van der Waals surface area contributed by atoms with Crippen LogP contribution in [0.4, 0.5) is 0 Å². The molecule has 1 unspecified atom stereocenters. The SMILES string of the molecule is CCOc1cccc(OCC)c1C(CN)CNC. The van der Waals surface area contributed by atoms with Gasteiger partial charge in [0, 0.05) is 24.6 Å². The number of ether oxygens (including phenoxy) is 2. The highest BCUT2D eigenvalue weighted by Crippen LogP contribution is 2.34. The van der Waals surface area contributed by atoms with E-state index < -0.39 is 0 Å². The Morgan fingerprint density at radius 2 is 1.72 bits per heavy atom. The van der Waals surface area contributed by atoms with E-state index in [1.54, 1.807) is 0 Å². The zero-order valence-electron chi connectivity index (χ0n) is 11.5. The molecule has 1 rings (SSSR count). The van der Waals surface area contributed by atoms with E-state index in [2.05, 4.69) is 5.32 Å². The van der Waals surface area contributed by atoms with Gasteiger partial charge in [-0.15, -0.1) is 0 Å². The standard InChI is InChI=1S/C14H24N2O2/c1-4-17-12-7-6-8-13(18-5-2)14(12)11(9-15)10-16-3/h6-8,11,16H,4-5,9-10,15H2,1-3H3. The molecule has 0 bridgehead atoms. The zero-order valence-corrected chi connectivity index (χ0v) is 11.5. The van der Waals surface area contributed by atoms with Gasteiger partial charge in [0.1, 0.15) is 11.5 Å². The maximum atomic E-state index is 5.87. The molecule has 0 aliphatic heterocycles. The molecule has 1 aromatic rings. The fraction of sp³-hybridized carbons (Fsp3) is 0.571. The van der Waals surface area contributed by atoms with Gasteiger partial charge in [-0.1, -0.05) is 6.07 Å². The normalized spacial score (nSPS) is 12.2. The molecule has 18 heavy (non-hydrogen) atoms. The first kappa shape index (κ1) is 14.8. The summed E-state index contributed by atoms with van der Waals surface area (Å²) >= 11 is 0. The Morgan fingerprint density at radius 1 is 1.17 bits per heavy atom. The van der Waals surface area contributed by atoms with Crippen LogP contribution < -0.4 is 20.5 Å². The summed E-state index contributed by atoms with van der Waals surface area (Å²) in [6.45, 7) is 6.60. The van der Waals surface area contributed by atoms with Crippen molar-refractivity contribution in [2.45, 2.75) is 19.8 Å². The lowest BCUT2D eigenvalue weighted by atomic mass is 9.97. The molecule has 3 N–H and O–H groups in total. The van der Waals surface area contributed by atoms with Crippen LogP contribution in [0.15, 0.2) is 18.2 Å². The quantitative estimate of drug-likeness (QED) is 0.740. The van der Waals surface area contributed by atoms with Crippen LogP contribution in [0.5, 0.6) is 11.5 Å². The summed E-state index contributed by atoms with van der Waals surface area (Å²) in [6, 6.07) is 5.89. The maximum absolute atomic E-state index is 5.87. The van der Waals surface area contributed by atoms with Crippen LogP contribution in [0.25, 0.3) is 0 Å². The maximum Gasteiger partial charge on any atom is 0.126 e. The molecule has 1 aromatic carbocycles. The van der Waals surface area contributed by atoms with Crippen molar-refractivity contribution < 1.29 is 9.47 Å². The predicted octanol–water partition coefficient (Wildman–Crippen LogP) is 1.75. The van der Waals surface area contributed by atoms with Crippen molar-refractivity contribution in [1.29, 1.82) is 0 Å². The van der Waals surface area contributed by atoms with Gasteiger partial charge in [0.05, 0.1) is 13.2 Å². The topological polar surface area (TPSA) is 56.5 Å². The number of rotatable bonds is 8. The van der Waals surface area contributed by atoms with Gasteiger partial charge in [-0.3, -0.25) is 0 Å². The molecular weight excluding hydrogens is 228 g/mol. The third kappa shape index (κ3) is 3.62. The van der Waals surface area contributed by atoms with Crippen LogP contribution in [0, 0.1) is 0 Å². The Bertz CT molecular complexity index is 331. The smallest absolute Gasteiger partial charge is 0.126 e. The minimum atomic E-state index is 0.194. The number of nitrogens with one attached hydrogen (secondary N) is 1. The molecule has 0 aliphatic rings. The van der Waals surface area contributed by atoms with Gasteiger partial charge < -0.3 is 20.5 Å². The molecule has 0 aromatic heterocycles. The van der Waals surface area contributed by atoms with Gasteiger partial charge in [-0.05, 0) is 33.0 Å². The lowest BCUT2D eigenvalue weighted by Gasteiger charge is -2.21. The summed E-state index contributed by atoms with van der Waals surface area (Å²) < 4.78 is 11.4. The molecule has 4 nitrogen and oxygen atoms in total. The predicted molar refractivity (Wildman–Crippen MR) is 74.5 cm³/mol. The molecule has 0 saturated carbocycles. The van der Waals surface area contributed by atoms with Crippen molar-refractivity contribution in [3.8, 4) is 11.5 Å². The van der Waals surface area contributed by atoms with E-state index in [0.717, 1.165) is 23.6 Å². The molecule has 0 fully saturated rings. The third-order valence-electron chi connectivity index (χ3n) is 2.77. The van der Waals surface area contributed by atoms with Gasteiger partial charge in [0.2, 0.25) is 0 Å². The molecule has 102 valence electrons. The monoisotopic (exact) mass is 252 g/mol. The van der Waals surface area contributed by atoms with Gasteiger partial charge in [0.15, 0.2) is 0 Å². The zero-order chi connectivity index (χ0) is 13.4. The van der Waals surface area contributed by atoms with Crippen molar-refractivity contribution in [2.24, 2.45) is 5.73 Å². The molecule has 0 heterocycles. The summed E-state index contributed by atoms with van der Waals surface area (Å²) in [6.07, 6.45) is 0. The summed E-state index contributed by atoms with van der Waals surface area (Å²) in [4.78, 5) is 0. The van der Waals surface area contributed by atoms with Crippen molar-refractivity contribution in [3.05, 3.63) is 23.8 Å². The molecule has 0 spiro atoms. The van der Waals surface area contributed by atoms with E-state index in [4.69, 9.17) is 15.2 Å². The summed E-state index contributed by atoms with van der Waals surface area (Å²) in [5, 5.41) is 3.16. The Labute approximate surface area is 109 Å². The highest BCUT2D eigenvalue weighted by molar-refractivity contribution is 5.47. The van der Waals surface area contributed by atoms with Crippen LogP contribution in [0.3, 0.4) is 0 Å². The van der Waals surface area contributed by atoms with Gasteiger partial charge in [0.25, 0.3) is 0 Å². The Kier molecular flexibility index (Phi) is 6.54. The number of hydrogen-bond donors (Lipinski definition) is 2. The molecule has 0 radical (unpaired) electrons. The Hall–Kier alpha value is -1.26. The number of nitrogens with two attached hydrogens (primary N) is 1. The average molecular weight is 252 g/mol. The van der Waals surface area contributed by atoms with E-state index >= 15 is 0 Å². The van der Waals surface area contributed by atoms with Crippen molar-refractivity contribution >= 4 is 0 Å². The minimum Gasteiger partial charge on any atom is -0.493 e. The molecule has 0 aliphatic carbocycles. The fourth-order valence-electron chi connectivity index (χ4n) is 2.04. The van der Waals surface area contributed by atoms with Gasteiger partial charge in [-0.2, -0.15) is 0 Å². The van der Waals surface area contributed by atoms with E-state index in [1.165, 1.54) is 0 Å². The second kappa shape index (κ2) is 7.95. The lowest BCUT2D eigenvalue weighted by molar-refractivity contribution is 0.312. The summed E-state index contributed by atoms with van der Waals surface area (Å²) in [7, 11) is 1.92. The summed E-state index contributed by atoms with van der Waals surface area (Å²) in [5.41, 5.74) is 6.94. The Morgan fingerprint density at radius 3 is 2.11 bits per heavy atom. The van der Waals surface area contributed by atoms with Crippen LogP contribution in [-0.4, -0.2) is 33.4 Å². The van der Waals surface area contributed by atoms with Crippen molar-refractivity contribution in [2.75, 3.05) is 33.4 Å². The average Bonchev–Trinajstić information content (AvgIpc) is 2.38. The van der Waals surface area contributed by atoms with Crippen LogP contribution >= 0.6 is 0 Å². The molecular formula is C14H24N2O2. The number of benzene rings is 1. The highest BCUT2D eigenvalue weighted by Gasteiger charge is 2.19. The Balaban J connectivity index is 3.14. The molecule has 1 atom stereocenters.